The van der Waals surface area contributed by atoms with E-state index in [4.69, 9.17) is 0 Å². The summed E-state index contributed by atoms with van der Waals surface area (Å²) in [5.74, 6) is 0. The number of rotatable bonds is 6. The Bertz CT molecular complexity index is 4020. The molecule has 0 amide bonds. The molecule has 13 aromatic rings. The highest BCUT2D eigenvalue weighted by Gasteiger charge is 2.34. The van der Waals surface area contributed by atoms with Gasteiger partial charge in [0.05, 0.1) is 85.1 Å². The Balaban J connectivity index is 1.42. The first-order chi connectivity index (χ1) is 34.1. The van der Waals surface area contributed by atoms with Crippen molar-refractivity contribution in [3.63, 3.8) is 0 Å². The zero-order chi connectivity index (χ0) is 46.2. The lowest BCUT2D eigenvalue weighted by molar-refractivity contribution is 1.05. The lowest BCUT2D eigenvalue weighted by atomic mass is 9.83. The number of hydrogen-bond donors (Lipinski definition) is 0. The van der Waals surface area contributed by atoms with Crippen LogP contribution in [-0.2, 0) is 0 Å². The lowest BCUT2D eigenvalue weighted by Gasteiger charge is -2.31. The summed E-state index contributed by atoms with van der Waals surface area (Å²) in [6, 6.07) is 82.7. The molecule has 0 saturated carbocycles. The van der Waals surface area contributed by atoms with E-state index in [2.05, 4.69) is 214 Å². The molecule has 0 radical (unpaired) electrons. The Kier molecular flexibility index (Phi) is 8.92. The minimum Gasteiger partial charge on any atom is -0.306 e. The summed E-state index contributed by atoms with van der Waals surface area (Å²) in [7, 11) is 0. The van der Waals surface area contributed by atoms with Crippen molar-refractivity contribution in [1.29, 1.82) is 15.8 Å². The van der Waals surface area contributed by atoms with Crippen molar-refractivity contribution >= 4 is 65.4 Å². The molecular weight excluding hydrogens is 841 g/mol. The zero-order valence-electron chi connectivity index (χ0n) is 37.0. The molecule has 13 rings (SSSR count). The molecule has 0 saturated heterocycles. The molecule has 0 bridgehead atoms. The number of aromatic nitrogens is 3. The second kappa shape index (κ2) is 15.6. The Morgan fingerprint density at radius 2 is 0.449 bits per heavy atom. The SMILES string of the molecule is N#Cc1ccc(-c2c(-c3ccc(C#N)cc3)c(-n3c4ccccc4c4ccccc43)c(-n3c4ccccc4c4ccccc43)c(-n3c4ccccc4c4ccccc43)c2-c2ccc(C#N)cc2)cc1. The average molecular weight is 877 g/mol. The van der Waals surface area contributed by atoms with Crippen LogP contribution in [0.25, 0.3) is 116 Å². The van der Waals surface area contributed by atoms with Crippen LogP contribution in [0.4, 0.5) is 0 Å². The molecule has 0 aliphatic carbocycles. The summed E-state index contributed by atoms with van der Waals surface area (Å²) in [4.78, 5) is 0. The smallest absolute Gasteiger partial charge is 0.0991 e. The molecule has 0 unspecified atom stereocenters. The van der Waals surface area contributed by atoms with Crippen LogP contribution >= 0.6 is 0 Å². The van der Waals surface area contributed by atoms with Crippen LogP contribution in [0.1, 0.15) is 16.7 Å². The molecule has 0 N–H and O–H groups in total. The third-order valence-electron chi connectivity index (χ3n) is 13.7. The molecule has 6 nitrogen and oxygen atoms in total. The van der Waals surface area contributed by atoms with Gasteiger partial charge in [-0.05, 0) is 89.5 Å². The van der Waals surface area contributed by atoms with Gasteiger partial charge in [-0.15, -0.1) is 0 Å². The molecule has 318 valence electrons. The minimum absolute atomic E-state index is 0.547. The van der Waals surface area contributed by atoms with E-state index in [1.165, 1.54) is 0 Å². The minimum atomic E-state index is 0.547. The van der Waals surface area contributed by atoms with E-state index < -0.39 is 0 Å². The first kappa shape index (κ1) is 39.4. The highest BCUT2D eigenvalue weighted by molar-refractivity contribution is 6.18. The van der Waals surface area contributed by atoms with Crippen molar-refractivity contribution in [2.75, 3.05) is 0 Å². The highest BCUT2D eigenvalue weighted by atomic mass is 15.1. The van der Waals surface area contributed by atoms with Crippen molar-refractivity contribution in [2.45, 2.75) is 0 Å². The predicted molar refractivity (Wildman–Crippen MR) is 280 cm³/mol. The highest BCUT2D eigenvalue weighted by Crippen LogP contribution is 2.54. The first-order valence-corrected chi connectivity index (χ1v) is 22.9. The van der Waals surface area contributed by atoms with Crippen molar-refractivity contribution in [2.24, 2.45) is 0 Å². The topological polar surface area (TPSA) is 86.2 Å². The maximum Gasteiger partial charge on any atom is 0.0991 e. The van der Waals surface area contributed by atoms with Gasteiger partial charge in [0, 0.05) is 49.0 Å². The van der Waals surface area contributed by atoms with Gasteiger partial charge < -0.3 is 13.7 Å². The van der Waals surface area contributed by atoms with Gasteiger partial charge in [-0.2, -0.15) is 15.8 Å². The second-order valence-electron chi connectivity index (χ2n) is 17.3. The molecule has 3 aromatic heterocycles. The van der Waals surface area contributed by atoms with Gasteiger partial charge in [0.25, 0.3) is 0 Å². The summed E-state index contributed by atoms with van der Waals surface area (Å²) in [6.07, 6.45) is 0. The van der Waals surface area contributed by atoms with Crippen LogP contribution in [0, 0.1) is 34.0 Å². The number of para-hydroxylation sites is 6. The molecular formula is C63H36N6. The van der Waals surface area contributed by atoms with Crippen LogP contribution in [0.2, 0.25) is 0 Å². The van der Waals surface area contributed by atoms with Gasteiger partial charge in [-0.25, -0.2) is 0 Å². The quantitative estimate of drug-likeness (QED) is 0.167. The van der Waals surface area contributed by atoms with Crippen molar-refractivity contribution in [3.8, 4) is 68.7 Å². The molecule has 0 aliphatic heterocycles. The van der Waals surface area contributed by atoms with E-state index >= 15 is 0 Å². The normalized spacial score (nSPS) is 11.4. The first-order valence-electron chi connectivity index (χ1n) is 22.9. The third-order valence-corrected chi connectivity index (χ3v) is 13.7. The van der Waals surface area contributed by atoms with Crippen molar-refractivity contribution < 1.29 is 0 Å². The van der Waals surface area contributed by atoms with Gasteiger partial charge in [0.2, 0.25) is 0 Å². The molecule has 6 heteroatoms. The van der Waals surface area contributed by atoms with Gasteiger partial charge in [-0.1, -0.05) is 146 Å². The Labute approximate surface area is 396 Å². The summed E-state index contributed by atoms with van der Waals surface area (Å²) < 4.78 is 7.36. The number of nitrogens with zero attached hydrogens (tertiary/aromatic N) is 6. The van der Waals surface area contributed by atoms with Gasteiger partial charge >= 0.3 is 0 Å². The van der Waals surface area contributed by atoms with E-state index in [1.807, 2.05) is 36.4 Å². The van der Waals surface area contributed by atoms with Crippen LogP contribution in [0.5, 0.6) is 0 Å². The largest absolute Gasteiger partial charge is 0.306 e. The zero-order valence-corrected chi connectivity index (χ0v) is 37.0. The molecule has 3 heterocycles. The fraction of sp³-hybridized carbons (Fsp3) is 0. The van der Waals surface area contributed by atoms with E-state index in [0.29, 0.717) is 16.7 Å². The van der Waals surface area contributed by atoms with Gasteiger partial charge in [0.15, 0.2) is 0 Å². The average Bonchev–Trinajstić information content (AvgIpc) is 4.06. The predicted octanol–water partition coefficient (Wildman–Crippen LogP) is 15.6. The van der Waals surface area contributed by atoms with Crippen molar-refractivity contribution in [3.05, 3.63) is 235 Å². The number of hydrogen-bond acceptors (Lipinski definition) is 3. The fourth-order valence-electron chi connectivity index (χ4n) is 10.8. The summed E-state index contributed by atoms with van der Waals surface area (Å²) >= 11 is 0. The van der Waals surface area contributed by atoms with Crippen LogP contribution < -0.4 is 0 Å². The molecule has 0 aliphatic rings. The standard InChI is InChI=1S/C63H36N6/c64-37-40-25-31-43(32-26-40)58-59(44-33-27-41(38-65)28-34-44)61(67-52-19-7-1-13-46(52)47-14-2-8-20-53(47)67)63(69-56-23-11-5-17-50(56)51-18-6-12-24-57(51)69)62(60(58)45-35-29-42(39-66)30-36-45)68-54-21-9-3-15-48(54)49-16-4-10-22-55(49)68/h1-36H. The molecule has 10 aromatic carbocycles. The Morgan fingerprint density at radius 1 is 0.232 bits per heavy atom. The summed E-state index contributed by atoms with van der Waals surface area (Å²) in [5.41, 5.74) is 16.1. The number of benzene rings is 10. The van der Waals surface area contributed by atoms with E-state index in [0.717, 1.165) is 116 Å². The van der Waals surface area contributed by atoms with E-state index in [9.17, 15) is 15.8 Å². The molecule has 0 atom stereocenters. The lowest BCUT2D eigenvalue weighted by Crippen LogP contribution is -2.14. The van der Waals surface area contributed by atoms with Crippen LogP contribution in [0.3, 0.4) is 0 Å². The fourth-order valence-corrected chi connectivity index (χ4v) is 10.8. The summed E-state index contributed by atoms with van der Waals surface area (Å²) in [6.45, 7) is 0. The Hall–Kier alpha value is -9.93. The number of nitriles is 3. The van der Waals surface area contributed by atoms with Gasteiger partial charge in [0.1, 0.15) is 0 Å². The second-order valence-corrected chi connectivity index (χ2v) is 17.3. The summed E-state index contributed by atoms with van der Waals surface area (Å²) in [5, 5.41) is 37.4. The van der Waals surface area contributed by atoms with Gasteiger partial charge in [-0.3, -0.25) is 0 Å². The molecule has 69 heavy (non-hydrogen) atoms. The molecule has 0 fully saturated rings. The number of fused-ring (bicyclic) bond motifs is 9. The molecule has 0 spiro atoms. The Morgan fingerprint density at radius 3 is 0.696 bits per heavy atom. The maximum absolute atomic E-state index is 10.2. The monoisotopic (exact) mass is 876 g/mol. The maximum atomic E-state index is 10.2. The van der Waals surface area contributed by atoms with Crippen LogP contribution in [-0.4, -0.2) is 13.7 Å². The van der Waals surface area contributed by atoms with E-state index in [-0.39, 0.29) is 0 Å². The van der Waals surface area contributed by atoms with E-state index in [1.54, 1.807) is 0 Å². The third kappa shape index (κ3) is 5.89. The van der Waals surface area contributed by atoms with Crippen molar-refractivity contribution in [1.82, 2.24) is 13.7 Å². The van der Waals surface area contributed by atoms with Crippen LogP contribution in [0.15, 0.2) is 218 Å².